The zero-order chi connectivity index (χ0) is 15.6. The van der Waals surface area contributed by atoms with Gasteiger partial charge in [0.1, 0.15) is 0 Å². The Bertz CT molecular complexity index is 681. The van der Waals surface area contributed by atoms with E-state index >= 15 is 0 Å². The molecular weight excluding hydrogens is 317 g/mol. The number of rotatable bonds is 5. The standard InChI is InChI=1S/C18H17Cl2NO/c19-14-7-8-15(16(20)12-14)18(10-11-18)21-17(22)9-6-13-4-2-1-3-5-13/h1-5,7-8,12H,6,9-11H2,(H,21,22). The fourth-order valence-electron chi connectivity index (χ4n) is 2.70. The van der Waals surface area contributed by atoms with Crippen LogP contribution in [0.4, 0.5) is 0 Å². The van der Waals surface area contributed by atoms with Gasteiger partial charge in [-0.25, -0.2) is 0 Å². The van der Waals surface area contributed by atoms with Crippen LogP contribution in [0.3, 0.4) is 0 Å². The van der Waals surface area contributed by atoms with Gasteiger partial charge in [-0.15, -0.1) is 0 Å². The lowest BCUT2D eigenvalue weighted by atomic mass is 10.0. The number of amides is 1. The van der Waals surface area contributed by atoms with Crippen LogP contribution in [0.15, 0.2) is 48.5 Å². The van der Waals surface area contributed by atoms with Gasteiger partial charge >= 0.3 is 0 Å². The zero-order valence-corrected chi connectivity index (χ0v) is 13.6. The molecule has 1 aliphatic carbocycles. The highest BCUT2D eigenvalue weighted by Gasteiger charge is 2.46. The Kier molecular flexibility index (Phi) is 4.42. The molecule has 1 amide bonds. The molecule has 2 aromatic rings. The number of benzene rings is 2. The van der Waals surface area contributed by atoms with Crippen LogP contribution in [-0.2, 0) is 16.8 Å². The van der Waals surface area contributed by atoms with E-state index in [1.54, 1.807) is 6.07 Å². The molecule has 0 atom stereocenters. The average molecular weight is 334 g/mol. The monoisotopic (exact) mass is 333 g/mol. The minimum absolute atomic E-state index is 0.0624. The lowest BCUT2D eigenvalue weighted by molar-refractivity contribution is -0.122. The molecule has 0 spiro atoms. The highest BCUT2D eigenvalue weighted by molar-refractivity contribution is 6.35. The Balaban J connectivity index is 1.63. The van der Waals surface area contributed by atoms with Gasteiger partial charge in [0.15, 0.2) is 0 Å². The van der Waals surface area contributed by atoms with Crippen LogP contribution < -0.4 is 5.32 Å². The predicted octanol–water partition coefficient (Wildman–Crippen LogP) is 4.73. The fraction of sp³-hybridized carbons (Fsp3) is 0.278. The van der Waals surface area contributed by atoms with Crippen LogP contribution in [0.1, 0.15) is 30.4 Å². The van der Waals surface area contributed by atoms with E-state index in [2.05, 4.69) is 5.32 Å². The van der Waals surface area contributed by atoms with Crippen LogP contribution >= 0.6 is 23.2 Å². The van der Waals surface area contributed by atoms with E-state index < -0.39 is 0 Å². The summed E-state index contributed by atoms with van der Waals surface area (Å²) in [5, 5.41) is 4.38. The number of halogens is 2. The third-order valence-corrected chi connectivity index (χ3v) is 4.61. The normalized spacial score (nSPS) is 15.4. The molecule has 0 unspecified atom stereocenters. The van der Waals surface area contributed by atoms with E-state index in [1.165, 1.54) is 5.56 Å². The van der Waals surface area contributed by atoms with Crippen molar-refractivity contribution in [3.63, 3.8) is 0 Å². The third-order valence-electron chi connectivity index (χ3n) is 4.06. The molecule has 1 fully saturated rings. The van der Waals surface area contributed by atoms with E-state index in [0.29, 0.717) is 16.5 Å². The second-order valence-electron chi connectivity index (χ2n) is 5.74. The van der Waals surface area contributed by atoms with Crippen LogP contribution in [-0.4, -0.2) is 5.91 Å². The summed E-state index contributed by atoms with van der Waals surface area (Å²) in [6.45, 7) is 0. The molecular formula is C18H17Cl2NO. The molecule has 114 valence electrons. The van der Waals surface area contributed by atoms with Crippen molar-refractivity contribution in [1.82, 2.24) is 5.32 Å². The summed E-state index contributed by atoms with van der Waals surface area (Å²) in [4.78, 5) is 12.2. The summed E-state index contributed by atoms with van der Waals surface area (Å²) in [6, 6.07) is 15.5. The van der Waals surface area contributed by atoms with Gasteiger partial charge in [0.2, 0.25) is 5.91 Å². The Hall–Kier alpha value is -1.51. The molecule has 1 N–H and O–H groups in total. The van der Waals surface area contributed by atoms with Gasteiger partial charge in [-0.3, -0.25) is 4.79 Å². The van der Waals surface area contributed by atoms with Crippen LogP contribution in [0.2, 0.25) is 10.0 Å². The van der Waals surface area contributed by atoms with Crippen molar-refractivity contribution in [3.8, 4) is 0 Å². The third kappa shape index (κ3) is 3.45. The molecule has 0 radical (unpaired) electrons. The van der Waals surface area contributed by atoms with E-state index in [9.17, 15) is 4.79 Å². The van der Waals surface area contributed by atoms with Crippen molar-refractivity contribution in [2.75, 3.05) is 0 Å². The van der Waals surface area contributed by atoms with Crippen molar-refractivity contribution in [3.05, 3.63) is 69.7 Å². The van der Waals surface area contributed by atoms with Gasteiger partial charge in [0, 0.05) is 16.5 Å². The topological polar surface area (TPSA) is 29.1 Å². The van der Waals surface area contributed by atoms with Crippen LogP contribution in [0, 0.1) is 0 Å². The van der Waals surface area contributed by atoms with E-state index in [4.69, 9.17) is 23.2 Å². The number of hydrogen-bond donors (Lipinski definition) is 1. The summed E-state index contributed by atoms with van der Waals surface area (Å²) in [7, 11) is 0. The lowest BCUT2D eigenvalue weighted by Crippen LogP contribution is -2.35. The first-order valence-corrected chi connectivity index (χ1v) is 8.15. The van der Waals surface area contributed by atoms with Gasteiger partial charge in [-0.05, 0) is 42.5 Å². The van der Waals surface area contributed by atoms with Crippen molar-refractivity contribution in [1.29, 1.82) is 0 Å². The summed E-state index contributed by atoms with van der Waals surface area (Å²) in [6.07, 6.45) is 3.07. The highest BCUT2D eigenvalue weighted by Crippen LogP contribution is 2.48. The second kappa shape index (κ2) is 6.31. The first kappa shape index (κ1) is 15.4. The first-order chi connectivity index (χ1) is 10.6. The van der Waals surface area contributed by atoms with Gasteiger partial charge in [-0.1, -0.05) is 59.6 Å². The summed E-state index contributed by atoms with van der Waals surface area (Å²) < 4.78 is 0. The Labute approximate surface area is 140 Å². The van der Waals surface area contributed by atoms with Crippen molar-refractivity contribution >= 4 is 29.1 Å². The zero-order valence-electron chi connectivity index (χ0n) is 12.1. The summed E-state index contributed by atoms with van der Waals surface area (Å²) in [5.41, 5.74) is 1.84. The lowest BCUT2D eigenvalue weighted by Gasteiger charge is -2.19. The molecule has 4 heteroatoms. The highest BCUT2D eigenvalue weighted by atomic mass is 35.5. The molecule has 0 aromatic heterocycles. The van der Waals surface area contributed by atoms with Gasteiger partial charge in [-0.2, -0.15) is 0 Å². The summed E-state index contributed by atoms with van der Waals surface area (Å²) >= 11 is 12.2. The number of carbonyl (C=O) groups excluding carboxylic acids is 1. The SMILES string of the molecule is O=C(CCc1ccccc1)NC1(c2ccc(Cl)cc2Cl)CC1. The maximum atomic E-state index is 12.2. The number of carbonyl (C=O) groups is 1. The van der Waals surface area contributed by atoms with Crippen molar-refractivity contribution in [2.24, 2.45) is 0 Å². The van der Waals surface area contributed by atoms with Crippen LogP contribution in [0.5, 0.6) is 0 Å². The minimum atomic E-state index is -0.296. The average Bonchev–Trinajstić information content (AvgIpc) is 3.26. The maximum Gasteiger partial charge on any atom is 0.221 e. The first-order valence-electron chi connectivity index (χ1n) is 7.40. The summed E-state index contributed by atoms with van der Waals surface area (Å²) in [5.74, 6) is 0.0624. The molecule has 0 bridgehead atoms. The van der Waals surface area contributed by atoms with Crippen molar-refractivity contribution < 1.29 is 4.79 Å². The fourth-order valence-corrected chi connectivity index (χ4v) is 3.29. The molecule has 3 rings (SSSR count). The largest absolute Gasteiger partial charge is 0.347 e. The molecule has 2 aromatic carbocycles. The molecule has 0 saturated heterocycles. The van der Waals surface area contributed by atoms with E-state index in [1.807, 2.05) is 42.5 Å². The van der Waals surface area contributed by atoms with E-state index in [0.717, 1.165) is 24.8 Å². The van der Waals surface area contributed by atoms with E-state index in [-0.39, 0.29) is 11.4 Å². The van der Waals surface area contributed by atoms with Crippen LogP contribution in [0.25, 0.3) is 0 Å². The maximum absolute atomic E-state index is 12.2. The minimum Gasteiger partial charge on any atom is -0.347 e. The predicted molar refractivity (Wildman–Crippen MR) is 90.3 cm³/mol. The Morgan fingerprint density at radius 3 is 2.45 bits per heavy atom. The second-order valence-corrected chi connectivity index (χ2v) is 6.58. The van der Waals surface area contributed by atoms with Gasteiger partial charge in [0.25, 0.3) is 0 Å². The number of aryl methyl sites for hydroxylation is 1. The molecule has 0 aliphatic heterocycles. The number of nitrogens with one attached hydrogen (secondary N) is 1. The quantitative estimate of drug-likeness (QED) is 0.841. The Morgan fingerprint density at radius 1 is 1.09 bits per heavy atom. The molecule has 22 heavy (non-hydrogen) atoms. The molecule has 1 saturated carbocycles. The smallest absolute Gasteiger partial charge is 0.221 e. The molecule has 0 heterocycles. The number of hydrogen-bond acceptors (Lipinski definition) is 1. The van der Waals surface area contributed by atoms with Gasteiger partial charge < -0.3 is 5.32 Å². The molecule has 2 nitrogen and oxygen atoms in total. The Morgan fingerprint density at radius 2 is 1.82 bits per heavy atom. The molecule has 1 aliphatic rings. The van der Waals surface area contributed by atoms with Crippen molar-refractivity contribution in [2.45, 2.75) is 31.2 Å². The van der Waals surface area contributed by atoms with Gasteiger partial charge in [0.05, 0.1) is 5.54 Å².